The molecule has 0 fully saturated rings. The average Bonchev–Trinajstić information content (AvgIpc) is 2.29. The number of hydrazine groups is 1. The van der Waals surface area contributed by atoms with E-state index in [9.17, 15) is 0 Å². The molecule has 2 atom stereocenters. The zero-order valence-electron chi connectivity index (χ0n) is 10.6. The summed E-state index contributed by atoms with van der Waals surface area (Å²) in [5, 5.41) is 0. The molecule has 1 aromatic rings. The highest BCUT2D eigenvalue weighted by atomic mass is 16.5. The fourth-order valence-corrected chi connectivity index (χ4v) is 1.71. The normalized spacial score (nSPS) is 14.8. The molecule has 0 saturated carbocycles. The lowest BCUT2D eigenvalue weighted by molar-refractivity contribution is 0.100. The number of ether oxygens (including phenoxy) is 1. The Hall–Kier alpha value is -0.900. The molecule has 3 heteroatoms. The summed E-state index contributed by atoms with van der Waals surface area (Å²) >= 11 is 0. The van der Waals surface area contributed by atoms with E-state index in [1.54, 1.807) is 7.11 Å². The highest BCUT2D eigenvalue weighted by Gasteiger charge is 2.13. The third-order valence-electron chi connectivity index (χ3n) is 3.10. The van der Waals surface area contributed by atoms with Crippen LogP contribution in [0.3, 0.4) is 0 Å². The predicted octanol–water partition coefficient (Wildman–Crippen LogP) is 2.23. The Kier molecular flexibility index (Phi) is 4.93. The minimum Gasteiger partial charge on any atom is -0.382 e. The van der Waals surface area contributed by atoms with Crippen molar-refractivity contribution in [1.29, 1.82) is 0 Å². The Bertz CT molecular complexity index is 339. The van der Waals surface area contributed by atoms with Crippen molar-refractivity contribution in [2.45, 2.75) is 39.3 Å². The summed E-state index contributed by atoms with van der Waals surface area (Å²) in [6.45, 7) is 6.28. The van der Waals surface area contributed by atoms with Gasteiger partial charge in [0, 0.05) is 13.2 Å². The number of nitrogens with two attached hydrogens (primary N) is 1. The fourth-order valence-electron chi connectivity index (χ4n) is 1.71. The third-order valence-corrected chi connectivity index (χ3v) is 3.10. The lowest BCUT2D eigenvalue weighted by Crippen LogP contribution is -2.30. The third kappa shape index (κ3) is 3.30. The first kappa shape index (κ1) is 13.2. The molecule has 0 spiro atoms. The van der Waals surface area contributed by atoms with E-state index in [1.165, 1.54) is 16.7 Å². The average molecular weight is 222 g/mol. The van der Waals surface area contributed by atoms with Crippen LogP contribution in [0.1, 0.15) is 36.1 Å². The molecule has 0 saturated heterocycles. The van der Waals surface area contributed by atoms with Gasteiger partial charge in [0.2, 0.25) is 0 Å². The molecular formula is C13H22N2O. The highest BCUT2D eigenvalue weighted by molar-refractivity contribution is 5.31. The molecule has 3 N–H and O–H groups in total. The maximum atomic E-state index is 5.59. The Labute approximate surface area is 98.0 Å². The van der Waals surface area contributed by atoms with E-state index >= 15 is 0 Å². The maximum Gasteiger partial charge on any atom is 0.0561 e. The van der Waals surface area contributed by atoms with E-state index in [0.717, 1.165) is 6.42 Å². The van der Waals surface area contributed by atoms with E-state index in [0.29, 0.717) is 0 Å². The van der Waals surface area contributed by atoms with Gasteiger partial charge in [0.15, 0.2) is 0 Å². The summed E-state index contributed by atoms with van der Waals surface area (Å²) in [5.74, 6) is 5.59. The number of nitrogens with one attached hydrogen (secondary N) is 1. The Balaban J connectivity index is 2.82. The van der Waals surface area contributed by atoms with E-state index in [1.807, 2.05) is 6.92 Å². The Morgan fingerprint density at radius 3 is 2.50 bits per heavy atom. The van der Waals surface area contributed by atoms with Crippen molar-refractivity contribution >= 4 is 0 Å². The second kappa shape index (κ2) is 5.99. The van der Waals surface area contributed by atoms with Gasteiger partial charge in [-0.2, -0.15) is 0 Å². The Morgan fingerprint density at radius 1 is 1.31 bits per heavy atom. The van der Waals surface area contributed by atoms with Gasteiger partial charge < -0.3 is 4.74 Å². The molecule has 0 aliphatic heterocycles. The van der Waals surface area contributed by atoms with Crippen molar-refractivity contribution < 1.29 is 4.74 Å². The molecule has 3 nitrogen and oxygen atoms in total. The topological polar surface area (TPSA) is 47.3 Å². The standard InChI is InChI=1S/C13H22N2O/c1-9-5-6-12(7-10(9)2)13(15-14)8-11(3)16-4/h5-7,11,13,15H,8,14H2,1-4H3. The SMILES string of the molecule is COC(C)CC(NN)c1ccc(C)c(C)c1. The smallest absolute Gasteiger partial charge is 0.0561 e. The molecule has 1 aromatic carbocycles. The number of methoxy groups -OCH3 is 1. The summed E-state index contributed by atoms with van der Waals surface area (Å²) < 4.78 is 5.26. The van der Waals surface area contributed by atoms with Crippen molar-refractivity contribution in [1.82, 2.24) is 5.43 Å². The van der Waals surface area contributed by atoms with Crippen LogP contribution in [0.15, 0.2) is 18.2 Å². The molecule has 0 bridgehead atoms. The van der Waals surface area contributed by atoms with Crippen molar-refractivity contribution in [3.63, 3.8) is 0 Å². The second-order valence-corrected chi connectivity index (χ2v) is 4.34. The monoisotopic (exact) mass is 222 g/mol. The van der Waals surface area contributed by atoms with Crippen LogP contribution in [-0.4, -0.2) is 13.2 Å². The molecule has 16 heavy (non-hydrogen) atoms. The summed E-state index contributed by atoms with van der Waals surface area (Å²) in [6.07, 6.45) is 1.07. The van der Waals surface area contributed by atoms with E-state index in [2.05, 4.69) is 37.5 Å². The molecule has 0 aliphatic rings. The van der Waals surface area contributed by atoms with Gasteiger partial charge in [0.05, 0.1) is 6.10 Å². The van der Waals surface area contributed by atoms with E-state index in [4.69, 9.17) is 10.6 Å². The van der Waals surface area contributed by atoms with E-state index in [-0.39, 0.29) is 12.1 Å². The molecule has 0 aliphatic carbocycles. The van der Waals surface area contributed by atoms with Crippen molar-refractivity contribution in [3.8, 4) is 0 Å². The van der Waals surface area contributed by atoms with Crippen molar-refractivity contribution in [3.05, 3.63) is 34.9 Å². The molecule has 90 valence electrons. The lowest BCUT2D eigenvalue weighted by Gasteiger charge is -2.20. The summed E-state index contributed by atoms with van der Waals surface area (Å²) in [4.78, 5) is 0. The quantitative estimate of drug-likeness (QED) is 0.593. The summed E-state index contributed by atoms with van der Waals surface area (Å²) in [6, 6.07) is 6.58. The van der Waals surface area contributed by atoms with Crippen molar-refractivity contribution in [2.24, 2.45) is 5.84 Å². The summed E-state index contributed by atoms with van der Waals surface area (Å²) in [5.41, 5.74) is 6.67. The fraction of sp³-hybridized carbons (Fsp3) is 0.538. The molecule has 0 heterocycles. The van der Waals surface area contributed by atoms with Gasteiger partial charge in [-0.1, -0.05) is 18.2 Å². The van der Waals surface area contributed by atoms with Crippen LogP contribution in [-0.2, 0) is 4.74 Å². The largest absolute Gasteiger partial charge is 0.382 e. The Morgan fingerprint density at radius 2 is 2.00 bits per heavy atom. The first-order chi connectivity index (χ1) is 7.58. The van der Waals surface area contributed by atoms with E-state index < -0.39 is 0 Å². The minimum atomic E-state index is 0.147. The van der Waals surface area contributed by atoms with Gasteiger partial charge in [0.1, 0.15) is 0 Å². The lowest BCUT2D eigenvalue weighted by atomic mass is 9.98. The molecule has 0 aromatic heterocycles. The van der Waals surface area contributed by atoms with Crippen LogP contribution in [0.2, 0.25) is 0 Å². The zero-order valence-corrected chi connectivity index (χ0v) is 10.6. The molecular weight excluding hydrogens is 200 g/mol. The van der Waals surface area contributed by atoms with Gasteiger partial charge in [-0.05, 0) is 43.9 Å². The molecule has 0 amide bonds. The number of benzene rings is 1. The van der Waals surface area contributed by atoms with Crippen LogP contribution in [0.5, 0.6) is 0 Å². The number of hydrogen-bond acceptors (Lipinski definition) is 3. The number of hydrogen-bond donors (Lipinski definition) is 2. The summed E-state index contributed by atoms with van der Waals surface area (Å²) in [7, 11) is 1.72. The van der Waals surface area contributed by atoms with Gasteiger partial charge in [-0.25, -0.2) is 0 Å². The van der Waals surface area contributed by atoms with Gasteiger partial charge in [-0.3, -0.25) is 11.3 Å². The van der Waals surface area contributed by atoms with Crippen LogP contribution in [0.4, 0.5) is 0 Å². The predicted molar refractivity (Wildman–Crippen MR) is 67.1 cm³/mol. The zero-order chi connectivity index (χ0) is 12.1. The molecule has 2 unspecified atom stereocenters. The van der Waals surface area contributed by atoms with Crippen LogP contribution >= 0.6 is 0 Å². The van der Waals surface area contributed by atoms with Crippen molar-refractivity contribution in [2.75, 3.05) is 7.11 Å². The first-order valence-electron chi connectivity index (χ1n) is 5.64. The van der Waals surface area contributed by atoms with Gasteiger partial charge in [-0.15, -0.1) is 0 Å². The van der Waals surface area contributed by atoms with Gasteiger partial charge >= 0.3 is 0 Å². The minimum absolute atomic E-state index is 0.147. The maximum absolute atomic E-state index is 5.59. The highest BCUT2D eigenvalue weighted by Crippen LogP contribution is 2.21. The molecule has 1 rings (SSSR count). The second-order valence-electron chi connectivity index (χ2n) is 4.34. The van der Waals surface area contributed by atoms with Crippen LogP contribution in [0.25, 0.3) is 0 Å². The molecule has 0 radical (unpaired) electrons. The van der Waals surface area contributed by atoms with Crippen LogP contribution < -0.4 is 11.3 Å². The number of rotatable bonds is 5. The first-order valence-corrected chi connectivity index (χ1v) is 5.64. The van der Waals surface area contributed by atoms with Crippen LogP contribution in [0, 0.1) is 13.8 Å². The number of aryl methyl sites for hydroxylation is 2. The van der Waals surface area contributed by atoms with Gasteiger partial charge in [0.25, 0.3) is 0 Å².